The van der Waals surface area contributed by atoms with Gasteiger partial charge in [-0.25, -0.2) is 4.52 Å². The zero-order valence-electron chi connectivity index (χ0n) is 25.2. The fraction of sp³-hybridized carbons (Fsp3) is 0.667. The standard InChI is InChI=1S/C33H52N4O/c1-25(2)15-21-36(22-16-26(3)4)27-17-23-37-30(24-27)28(12-11-20-35-18-9-8-10-19-35)32(34-37)29-13-14-31(38-7)33(29,5)6/h13-14,17,23-26H,8-12,15-16,18-22H2,1-7H3. The zero-order chi connectivity index (χ0) is 27.3. The van der Waals surface area contributed by atoms with Gasteiger partial charge in [-0.15, -0.1) is 0 Å². The van der Waals surface area contributed by atoms with Crippen molar-refractivity contribution in [3.05, 3.63) is 47.5 Å². The van der Waals surface area contributed by atoms with Crippen molar-refractivity contribution < 1.29 is 4.74 Å². The zero-order valence-corrected chi connectivity index (χ0v) is 25.2. The number of pyridine rings is 1. The molecule has 1 aliphatic heterocycles. The van der Waals surface area contributed by atoms with Gasteiger partial charge in [0.15, 0.2) is 0 Å². The molecule has 0 saturated carbocycles. The van der Waals surface area contributed by atoms with E-state index in [1.165, 1.54) is 80.5 Å². The molecule has 0 bridgehead atoms. The second-order valence-electron chi connectivity index (χ2n) is 12.8. The van der Waals surface area contributed by atoms with E-state index >= 15 is 0 Å². The van der Waals surface area contributed by atoms with Crippen molar-refractivity contribution in [3.63, 3.8) is 0 Å². The highest BCUT2D eigenvalue weighted by Gasteiger charge is 2.36. The summed E-state index contributed by atoms with van der Waals surface area (Å²) in [7, 11) is 1.78. The summed E-state index contributed by atoms with van der Waals surface area (Å²) in [6.45, 7) is 19.7. The van der Waals surface area contributed by atoms with Gasteiger partial charge in [0, 0.05) is 36.0 Å². The van der Waals surface area contributed by atoms with Crippen molar-refractivity contribution in [2.24, 2.45) is 17.3 Å². The Hall–Kier alpha value is -2.27. The monoisotopic (exact) mass is 520 g/mol. The number of fused-ring (bicyclic) bond motifs is 1. The van der Waals surface area contributed by atoms with Crippen LogP contribution in [0.4, 0.5) is 5.69 Å². The van der Waals surface area contributed by atoms with Crippen LogP contribution in [0.5, 0.6) is 0 Å². The Balaban J connectivity index is 1.68. The average Bonchev–Trinajstić information content (AvgIpc) is 3.39. The van der Waals surface area contributed by atoms with Crippen LogP contribution in [0.25, 0.3) is 11.1 Å². The summed E-state index contributed by atoms with van der Waals surface area (Å²) in [5, 5.41) is 5.20. The second kappa shape index (κ2) is 12.7. The van der Waals surface area contributed by atoms with Crippen molar-refractivity contribution in [1.82, 2.24) is 14.5 Å². The third-order valence-corrected chi connectivity index (χ3v) is 8.55. The van der Waals surface area contributed by atoms with Crippen molar-refractivity contribution in [1.29, 1.82) is 0 Å². The molecule has 2 aliphatic rings. The van der Waals surface area contributed by atoms with Crippen molar-refractivity contribution >= 4 is 16.8 Å². The van der Waals surface area contributed by atoms with E-state index in [1.54, 1.807) is 7.11 Å². The Morgan fingerprint density at radius 3 is 2.29 bits per heavy atom. The Labute approximate surface area is 231 Å². The summed E-state index contributed by atoms with van der Waals surface area (Å²) in [6.07, 6.45) is 15.3. The molecule has 2 aromatic rings. The summed E-state index contributed by atoms with van der Waals surface area (Å²) in [6, 6.07) is 4.69. The van der Waals surface area contributed by atoms with E-state index in [0.717, 1.165) is 31.0 Å². The number of nitrogens with zero attached hydrogens (tertiary/aromatic N) is 4. The van der Waals surface area contributed by atoms with Crippen LogP contribution in [0, 0.1) is 17.3 Å². The quantitative estimate of drug-likeness (QED) is 0.272. The number of rotatable bonds is 13. The molecule has 5 nitrogen and oxygen atoms in total. The van der Waals surface area contributed by atoms with Crippen LogP contribution in [0.2, 0.25) is 0 Å². The number of methoxy groups -OCH3 is 1. The number of anilines is 1. The molecule has 0 amide bonds. The number of likely N-dealkylation sites (tertiary alicyclic amines) is 1. The Morgan fingerprint density at radius 1 is 1.00 bits per heavy atom. The van der Waals surface area contributed by atoms with Crippen molar-refractivity contribution in [3.8, 4) is 0 Å². The lowest BCUT2D eigenvalue weighted by Crippen LogP contribution is -2.30. The van der Waals surface area contributed by atoms with Gasteiger partial charge >= 0.3 is 0 Å². The van der Waals surface area contributed by atoms with Gasteiger partial charge < -0.3 is 14.5 Å². The van der Waals surface area contributed by atoms with Crippen molar-refractivity contribution in [2.45, 2.75) is 86.5 Å². The van der Waals surface area contributed by atoms with Gasteiger partial charge in [0.2, 0.25) is 0 Å². The van der Waals surface area contributed by atoms with Crippen LogP contribution in [-0.4, -0.2) is 54.3 Å². The molecule has 1 aliphatic carbocycles. The molecule has 3 heterocycles. The maximum absolute atomic E-state index is 5.76. The highest BCUT2D eigenvalue weighted by atomic mass is 16.5. The van der Waals surface area contributed by atoms with Crippen LogP contribution in [0.15, 0.2) is 36.2 Å². The van der Waals surface area contributed by atoms with Crippen LogP contribution in [0.1, 0.15) is 91.3 Å². The first-order chi connectivity index (χ1) is 18.2. The number of ether oxygens (including phenoxy) is 1. The first-order valence-electron chi connectivity index (χ1n) is 15.2. The summed E-state index contributed by atoms with van der Waals surface area (Å²) in [5.74, 6) is 2.41. The van der Waals surface area contributed by atoms with Gasteiger partial charge in [-0.2, -0.15) is 5.10 Å². The molecule has 0 atom stereocenters. The lowest BCUT2D eigenvalue weighted by atomic mass is 9.82. The van der Waals surface area contributed by atoms with Crippen LogP contribution in [0.3, 0.4) is 0 Å². The molecule has 4 rings (SSSR count). The first kappa shape index (κ1) is 28.7. The predicted octanol–water partition coefficient (Wildman–Crippen LogP) is 7.60. The fourth-order valence-electron chi connectivity index (χ4n) is 6.01. The summed E-state index contributed by atoms with van der Waals surface area (Å²) in [4.78, 5) is 5.26. The van der Waals surface area contributed by atoms with Gasteiger partial charge in [-0.05, 0) is 108 Å². The summed E-state index contributed by atoms with van der Waals surface area (Å²) < 4.78 is 7.88. The number of hydrogen-bond donors (Lipinski definition) is 0. The normalized spacial score (nSPS) is 17.9. The summed E-state index contributed by atoms with van der Waals surface area (Å²) in [5.41, 5.74) is 6.21. The van der Waals surface area contributed by atoms with Crippen LogP contribution in [-0.2, 0) is 11.2 Å². The maximum atomic E-state index is 5.76. The summed E-state index contributed by atoms with van der Waals surface area (Å²) >= 11 is 0. The fourth-order valence-corrected chi connectivity index (χ4v) is 6.01. The minimum atomic E-state index is -0.183. The molecule has 2 aromatic heterocycles. The number of allylic oxidation sites excluding steroid dienone is 3. The second-order valence-corrected chi connectivity index (χ2v) is 12.8. The molecular formula is C33H52N4O. The smallest absolute Gasteiger partial charge is 0.106 e. The molecular weight excluding hydrogens is 468 g/mol. The highest BCUT2D eigenvalue weighted by molar-refractivity contribution is 5.81. The first-order valence-corrected chi connectivity index (χ1v) is 15.2. The molecule has 210 valence electrons. The maximum Gasteiger partial charge on any atom is 0.106 e. The highest BCUT2D eigenvalue weighted by Crippen LogP contribution is 2.46. The topological polar surface area (TPSA) is 33.0 Å². The third kappa shape index (κ3) is 6.65. The van der Waals surface area contributed by atoms with Crippen LogP contribution < -0.4 is 4.90 Å². The lowest BCUT2D eigenvalue weighted by Gasteiger charge is -2.27. The molecule has 1 fully saturated rings. The van der Waals surface area contributed by atoms with E-state index in [0.29, 0.717) is 11.8 Å². The van der Waals surface area contributed by atoms with Gasteiger partial charge in [0.05, 0.1) is 18.3 Å². The lowest BCUT2D eigenvalue weighted by molar-refractivity contribution is 0.226. The van der Waals surface area contributed by atoms with E-state index in [-0.39, 0.29) is 5.41 Å². The Bertz CT molecular complexity index is 1110. The van der Waals surface area contributed by atoms with Gasteiger partial charge in [0.25, 0.3) is 0 Å². The number of hydrogen-bond acceptors (Lipinski definition) is 4. The molecule has 0 N–H and O–H groups in total. The molecule has 5 heteroatoms. The van der Waals surface area contributed by atoms with Crippen LogP contribution >= 0.6 is 0 Å². The molecule has 0 spiro atoms. The minimum Gasteiger partial charge on any atom is -0.500 e. The number of piperidine rings is 1. The molecule has 1 saturated heterocycles. The van der Waals surface area contributed by atoms with E-state index < -0.39 is 0 Å². The average molecular weight is 521 g/mol. The van der Waals surface area contributed by atoms with Gasteiger partial charge in [0.1, 0.15) is 5.76 Å². The van der Waals surface area contributed by atoms with Gasteiger partial charge in [-0.1, -0.05) is 40.2 Å². The SMILES string of the molecule is COC1=CC=C(c2nn3ccc(N(CCC(C)C)CCC(C)C)cc3c2CCCN2CCCCC2)C1(C)C. The minimum absolute atomic E-state index is 0.183. The van der Waals surface area contributed by atoms with Crippen molar-refractivity contribution in [2.75, 3.05) is 44.7 Å². The number of aromatic nitrogens is 2. The van der Waals surface area contributed by atoms with E-state index in [1.807, 2.05) is 0 Å². The molecule has 0 radical (unpaired) electrons. The predicted molar refractivity (Wildman–Crippen MR) is 162 cm³/mol. The van der Waals surface area contributed by atoms with E-state index in [4.69, 9.17) is 9.84 Å². The third-order valence-electron chi connectivity index (χ3n) is 8.55. The molecule has 38 heavy (non-hydrogen) atoms. The van der Waals surface area contributed by atoms with E-state index in [2.05, 4.69) is 86.3 Å². The number of aryl methyl sites for hydroxylation is 1. The molecule has 0 aromatic carbocycles. The largest absolute Gasteiger partial charge is 0.500 e. The molecule has 0 unspecified atom stereocenters. The Kier molecular flexibility index (Phi) is 9.62. The van der Waals surface area contributed by atoms with E-state index in [9.17, 15) is 0 Å². The van der Waals surface area contributed by atoms with Gasteiger partial charge in [-0.3, -0.25) is 0 Å². The Morgan fingerprint density at radius 2 is 1.68 bits per heavy atom.